The van der Waals surface area contributed by atoms with Crippen molar-refractivity contribution in [3.8, 4) is 0 Å². The van der Waals surface area contributed by atoms with Gasteiger partial charge in [0.1, 0.15) is 0 Å². The third kappa shape index (κ3) is 6.55. The molecule has 0 aromatic rings. The standard InChI is InChI=1S/C16H31NO/c1-6-14-8-7-9-15(10-14)18-12-13(2)11-17-16(3,4)5/h14-15,17H,2,6-12H2,1,3-5H3. The first-order valence-corrected chi connectivity index (χ1v) is 7.44. The Morgan fingerprint density at radius 2 is 2.06 bits per heavy atom. The molecule has 0 aromatic heterocycles. The van der Waals surface area contributed by atoms with Crippen molar-refractivity contribution < 1.29 is 4.74 Å². The molecule has 0 radical (unpaired) electrons. The van der Waals surface area contributed by atoms with Crippen LogP contribution in [0.1, 0.15) is 59.8 Å². The maximum Gasteiger partial charge on any atom is 0.0690 e. The highest BCUT2D eigenvalue weighted by atomic mass is 16.5. The van der Waals surface area contributed by atoms with Crippen LogP contribution in [0.3, 0.4) is 0 Å². The Morgan fingerprint density at radius 3 is 2.67 bits per heavy atom. The normalized spacial score (nSPS) is 25.1. The first-order valence-electron chi connectivity index (χ1n) is 7.44. The van der Waals surface area contributed by atoms with Gasteiger partial charge >= 0.3 is 0 Å². The summed E-state index contributed by atoms with van der Waals surface area (Å²) in [7, 11) is 0. The van der Waals surface area contributed by atoms with Crippen molar-refractivity contribution in [2.45, 2.75) is 71.4 Å². The molecule has 18 heavy (non-hydrogen) atoms. The fourth-order valence-electron chi connectivity index (χ4n) is 2.44. The molecule has 1 aliphatic carbocycles. The van der Waals surface area contributed by atoms with Gasteiger partial charge in [-0.3, -0.25) is 0 Å². The molecule has 1 saturated carbocycles. The lowest BCUT2D eigenvalue weighted by Gasteiger charge is -2.29. The highest BCUT2D eigenvalue weighted by Crippen LogP contribution is 2.28. The third-order valence-electron chi connectivity index (χ3n) is 3.70. The van der Waals surface area contributed by atoms with Crippen LogP contribution in [-0.4, -0.2) is 24.8 Å². The average molecular weight is 253 g/mol. The van der Waals surface area contributed by atoms with Crippen molar-refractivity contribution in [2.75, 3.05) is 13.2 Å². The first kappa shape index (κ1) is 15.7. The van der Waals surface area contributed by atoms with E-state index in [-0.39, 0.29) is 5.54 Å². The van der Waals surface area contributed by atoms with Gasteiger partial charge in [0, 0.05) is 12.1 Å². The number of ether oxygens (including phenoxy) is 1. The third-order valence-corrected chi connectivity index (χ3v) is 3.70. The fraction of sp³-hybridized carbons (Fsp3) is 0.875. The van der Waals surface area contributed by atoms with E-state index >= 15 is 0 Å². The van der Waals surface area contributed by atoms with Crippen molar-refractivity contribution in [1.29, 1.82) is 0 Å². The van der Waals surface area contributed by atoms with Crippen LogP contribution in [0.5, 0.6) is 0 Å². The van der Waals surface area contributed by atoms with E-state index in [9.17, 15) is 0 Å². The van der Waals surface area contributed by atoms with E-state index in [1.807, 2.05) is 0 Å². The summed E-state index contributed by atoms with van der Waals surface area (Å²) < 4.78 is 6.00. The summed E-state index contributed by atoms with van der Waals surface area (Å²) in [6.45, 7) is 14.5. The summed E-state index contributed by atoms with van der Waals surface area (Å²) in [6.07, 6.45) is 6.97. The Labute approximate surface area is 113 Å². The van der Waals surface area contributed by atoms with Crippen LogP contribution in [0.2, 0.25) is 0 Å². The molecule has 0 aliphatic heterocycles. The van der Waals surface area contributed by atoms with Gasteiger partial charge < -0.3 is 10.1 Å². The van der Waals surface area contributed by atoms with Crippen LogP contribution in [-0.2, 0) is 4.74 Å². The lowest BCUT2D eigenvalue weighted by Crippen LogP contribution is -2.37. The van der Waals surface area contributed by atoms with Crippen LogP contribution in [0.15, 0.2) is 12.2 Å². The molecule has 2 atom stereocenters. The molecule has 1 N–H and O–H groups in total. The van der Waals surface area contributed by atoms with E-state index in [4.69, 9.17) is 4.74 Å². The van der Waals surface area contributed by atoms with Gasteiger partial charge in [0.2, 0.25) is 0 Å². The minimum Gasteiger partial charge on any atom is -0.374 e. The molecule has 0 aromatic carbocycles. The molecule has 1 rings (SSSR count). The van der Waals surface area contributed by atoms with E-state index in [0.717, 1.165) is 18.0 Å². The maximum absolute atomic E-state index is 6.00. The predicted octanol–water partition coefficient (Wildman–Crippen LogP) is 3.92. The van der Waals surface area contributed by atoms with E-state index in [1.165, 1.54) is 32.1 Å². The van der Waals surface area contributed by atoms with Gasteiger partial charge in [-0.25, -0.2) is 0 Å². The van der Waals surface area contributed by atoms with Crippen LogP contribution >= 0.6 is 0 Å². The zero-order valence-electron chi connectivity index (χ0n) is 12.7. The molecule has 0 heterocycles. The molecular weight excluding hydrogens is 222 g/mol. The van der Waals surface area contributed by atoms with Gasteiger partial charge in [0.15, 0.2) is 0 Å². The minimum atomic E-state index is 0.154. The second kappa shape index (κ2) is 7.30. The van der Waals surface area contributed by atoms with Crippen LogP contribution in [0.4, 0.5) is 0 Å². The van der Waals surface area contributed by atoms with Gasteiger partial charge in [0.25, 0.3) is 0 Å². The molecule has 1 fully saturated rings. The number of rotatable bonds is 6. The molecular formula is C16H31NO. The Kier molecular flexibility index (Phi) is 6.37. The lowest BCUT2D eigenvalue weighted by molar-refractivity contribution is 0.0245. The number of hydrogen-bond acceptors (Lipinski definition) is 2. The van der Waals surface area contributed by atoms with Gasteiger partial charge in [0.05, 0.1) is 12.7 Å². The van der Waals surface area contributed by atoms with Crippen LogP contribution < -0.4 is 5.32 Å². The van der Waals surface area contributed by atoms with Crippen LogP contribution in [0, 0.1) is 5.92 Å². The minimum absolute atomic E-state index is 0.154. The quantitative estimate of drug-likeness (QED) is 0.725. The zero-order chi connectivity index (χ0) is 13.6. The van der Waals surface area contributed by atoms with E-state index in [1.54, 1.807) is 0 Å². The summed E-state index contributed by atoms with van der Waals surface area (Å²) >= 11 is 0. The maximum atomic E-state index is 6.00. The second-order valence-electron chi connectivity index (χ2n) is 6.73. The Balaban J connectivity index is 2.18. The highest BCUT2D eigenvalue weighted by molar-refractivity contribution is 4.98. The molecule has 2 heteroatoms. The molecule has 0 saturated heterocycles. The van der Waals surface area contributed by atoms with Gasteiger partial charge in [-0.2, -0.15) is 0 Å². The zero-order valence-corrected chi connectivity index (χ0v) is 12.7. The first-order chi connectivity index (χ1) is 8.40. The second-order valence-corrected chi connectivity index (χ2v) is 6.73. The average Bonchev–Trinajstić information content (AvgIpc) is 2.33. The lowest BCUT2D eigenvalue weighted by atomic mass is 9.85. The SMILES string of the molecule is C=C(CNC(C)(C)C)COC1CCCC(CC)C1. The van der Waals surface area contributed by atoms with Gasteiger partial charge in [-0.15, -0.1) is 0 Å². The molecule has 1 aliphatic rings. The molecule has 0 spiro atoms. The Hall–Kier alpha value is -0.340. The van der Waals surface area contributed by atoms with Crippen molar-refractivity contribution >= 4 is 0 Å². The monoisotopic (exact) mass is 253 g/mol. The van der Waals surface area contributed by atoms with E-state index < -0.39 is 0 Å². The van der Waals surface area contributed by atoms with E-state index in [0.29, 0.717) is 12.7 Å². The molecule has 106 valence electrons. The summed E-state index contributed by atoms with van der Waals surface area (Å²) in [5.74, 6) is 0.879. The largest absolute Gasteiger partial charge is 0.374 e. The van der Waals surface area contributed by atoms with Crippen molar-refractivity contribution in [1.82, 2.24) is 5.32 Å². The summed E-state index contributed by atoms with van der Waals surface area (Å²) in [5, 5.41) is 3.45. The number of hydrogen-bond donors (Lipinski definition) is 1. The highest BCUT2D eigenvalue weighted by Gasteiger charge is 2.21. The molecule has 2 nitrogen and oxygen atoms in total. The fourth-order valence-corrected chi connectivity index (χ4v) is 2.44. The smallest absolute Gasteiger partial charge is 0.0690 e. The number of nitrogens with one attached hydrogen (secondary N) is 1. The summed E-state index contributed by atoms with van der Waals surface area (Å²) in [6, 6.07) is 0. The van der Waals surface area contributed by atoms with Gasteiger partial charge in [-0.05, 0) is 45.1 Å². The topological polar surface area (TPSA) is 21.3 Å². The summed E-state index contributed by atoms with van der Waals surface area (Å²) in [4.78, 5) is 0. The molecule has 0 amide bonds. The van der Waals surface area contributed by atoms with Crippen LogP contribution in [0.25, 0.3) is 0 Å². The Bertz CT molecular complexity index is 254. The van der Waals surface area contributed by atoms with Gasteiger partial charge in [-0.1, -0.05) is 32.8 Å². The predicted molar refractivity (Wildman–Crippen MR) is 78.9 cm³/mol. The molecule has 2 unspecified atom stereocenters. The molecule has 0 bridgehead atoms. The van der Waals surface area contributed by atoms with Crippen molar-refractivity contribution in [3.05, 3.63) is 12.2 Å². The van der Waals surface area contributed by atoms with Crippen molar-refractivity contribution in [3.63, 3.8) is 0 Å². The Morgan fingerprint density at radius 1 is 1.33 bits per heavy atom. The van der Waals surface area contributed by atoms with E-state index in [2.05, 4.69) is 39.6 Å². The summed E-state index contributed by atoms with van der Waals surface area (Å²) in [5.41, 5.74) is 1.31. The van der Waals surface area contributed by atoms with Crippen molar-refractivity contribution in [2.24, 2.45) is 5.92 Å².